The normalized spacial score (nSPS) is 22.8. The SMILES string of the molecule is CNc1ncc(Br)c(OCC2CC=CCC2C)n1. The first-order valence-corrected chi connectivity index (χ1v) is 6.98. The summed E-state index contributed by atoms with van der Waals surface area (Å²) in [6.45, 7) is 2.97. The lowest BCUT2D eigenvalue weighted by molar-refractivity contribution is 0.191. The van der Waals surface area contributed by atoms with Crippen LogP contribution in [0.5, 0.6) is 5.88 Å². The van der Waals surface area contributed by atoms with E-state index in [0.717, 1.165) is 17.3 Å². The predicted molar refractivity (Wildman–Crippen MR) is 75.8 cm³/mol. The van der Waals surface area contributed by atoms with Crippen molar-refractivity contribution >= 4 is 21.9 Å². The Morgan fingerprint density at radius 2 is 2.22 bits per heavy atom. The van der Waals surface area contributed by atoms with Crippen LogP contribution in [0.15, 0.2) is 22.8 Å². The standard InChI is InChI=1S/C13H18BrN3O/c1-9-5-3-4-6-10(9)8-18-12-11(14)7-16-13(15-2)17-12/h3-4,7,9-10H,5-6,8H2,1-2H3,(H,15,16,17). The van der Waals surface area contributed by atoms with Gasteiger partial charge in [0.2, 0.25) is 11.8 Å². The molecule has 0 aliphatic heterocycles. The van der Waals surface area contributed by atoms with Crippen LogP contribution < -0.4 is 10.1 Å². The zero-order valence-electron chi connectivity index (χ0n) is 10.7. The average Bonchev–Trinajstić information content (AvgIpc) is 2.39. The highest BCUT2D eigenvalue weighted by Crippen LogP contribution is 2.28. The van der Waals surface area contributed by atoms with Crippen molar-refractivity contribution in [1.82, 2.24) is 9.97 Å². The van der Waals surface area contributed by atoms with E-state index in [0.29, 0.717) is 30.3 Å². The van der Waals surface area contributed by atoms with Gasteiger partial charge in [-0.15, -0.1) is 0 Å². The van der Waals surface area contributed by atoms with Crippen molar-refractivity contribution in [2.24, 2.45) is 11.8 Å². The second-order valence-corrected chi connectivity index (χ2v) is 5.44. The molecule has 0 fully saturated rings. The zero-order chi connectivity index (χ0) is 13.0. The molecule has 1 aromatic heterocycles. The quantitative estimate of drug-likeness (QED) is 0.867. The van der Waals surface area contributed by atoms with Crippen LogP contribution in [0.4, 0.5) is 5.95 Å². The third kappa shape index (κ3) is 3.22. The van der Waals surface area contributed by atoms with Crippen LogP contribution in [0.3, 0.4) is 0 Å². The van der Waals surface area contributed by atoms with E-state index in [-0.39, 0.29) is 0 Å². The summed E-state index contributed by atoms with van der Waals surface area (Å²) in [6.07, 6.45) is 8.42. The fourth-order valence-corrected chi connectivity index (χ4v) is 2.30. The summed E-state index contributed by atoms with van der Waals surface area (Å²) in [5.41, 5.74) is 0. The van der Waals surface area contributed by atoms with Crippen LogP contribution in [0.2, 0.25) is 0 Å². The molecule has 0 spiro atoms. The molecule has 2 rings (SSSR count). The Morgan fingerprint density at radius 3 is 2.94 bits per heavy atom. The number of hydrogen-bond donors (Lipinski definition) is 1. The van der Waals surface area contributed by atoms with Crippen molar-refractivity contribution in [1.29, 1.82) is 0 Å². The summed E-state index contributed by atoms with van der Waals surface area (Å²) in [6, 6.07) is 0. The second kappa shape index (κ2) is 6.18. The highest BCUT2D eigenvalue weighted by molar-refractivity contribution is 9.10. The van der Waals surface area contributed by atoms with Gasteiger partial charge >= 0.3 is 0 Å². The summed E-state index contributed by atoms with van der Waals surface area (Å²) >= 11 is 3.41. The summed E-state index contributed by atoms with van der Waals surface area (Å²) in [5.74, 6) is 2.41. The first-order valence-electron chi connectivity index (χ1n) is 6.18. The lowest BCUT2D eigenvalue weighted by Gasteiger charge is -2.25. The number of hydrogen-bond acceptors (Lipinski definition) is 4. The van der Waals surface area contributed by atoms with Crippen LogP contribution >= 0.6 is 15.9 Å². The second-order valence-electron chi connectivity index (χ2n) is 4.59. The maximum Gasteiger partial charge on any atom is 0.232 e. The molecule has 5 heteroatoms. The van der Waals surface area contributed by atoms with Crippen LogP contribution in [0, 0.1) is 11.8 Å². The van der Waals surface area contributed by atoms with Crippen LogP contribution in [-0.4, -0.2) is 23.6 Å². The molecule has 0 saturated carbocycles. The lowest BCUT2D eigenvalue weighted by Crippen LogP contribution is -2.21. The molecule has 4 nitrogen and oxygen atoms in total. The minimum absolute atomic E-state index is 0.565. The van der Waals surface area contributed by atoms with Crippen LogP contribution in [0.1, 0.15) is 19.8 Å². The Morgan fingerprint density at radius 1 is 1.44 bits per heavy atom. The topological polar surface area (TPSA) is 47.0 Å². The van der Waals surface area contributed by atoms with E-state index in [4.69, 9.17) is 4.74 Å². The fourth-order valence-electron chi connectivity index (χ4n) is 2.00. The van der Waals surface area contributed by atoms with E-state index in [1.54, 1.807) is 13.2 Å². The molecule has 98 valence electrons. The predicted octanol–water partition coefficient (Wildman–Crippen LogP) is 3.26. The van der Waals surface area contributed by atoms with Gasteiger partial charge in [-0.05, 0) is 40.6 Å². The Balaban J connectivity index is 1.99. The molecule has 2 unspecified atom stereocenters. The third-order valence-electron chi connectivity index (χ3n) is 3.29. The monoisotopic (exact) mass is 311 g/mol. The zero-order valence-corrected chi connectivity index (χ0v) is 12.3. The number of ether oxygens (including phenoxy) is 1. The number of allylic oxidation sites excluding steroid dienone is 2. The molecule has 0 radical (unpaired) electrons. The van der Waals surface area contributed by atoms with Gasteiger partial charge < -0.3 is 10.1 Å². The molecule has 2 atom stereocenters. The third-order valence-corrected chi connectivity index (χ3v) is 3.83. The van der Waals surface area contributed by atoms with Gasteiger partial charge in [-0.3, -0.25) is 0 Å². The van der Waals surface area contributed by atoms with E-state index in [9.17, 15) is 0 Å². The van der Waals surface area contributed by atoms with Gasteiger partial charge in [0, 0.05) is 7.05 Å². The molecule has 18 heavy (non-hydrogen) atoms. The van der Waals surface area contributed by atoms with Crippen LogP contribution in [-0.2, 0) is 0 Å². The lowest BCUT2D eigenvalue weighted by atomic mass is 9.85. The maximum absolute atomic E-state index is 5.82. The Bertz CT molecular complexity index is 436. The molecule has 0 bridgehead atoms. The number of nitrogens with one attached hydrogen (secondary N) is 1. The van der Waals surface area contributed by atoms with E-state index >= 15 is 0 Å². The summed E-state index contributed by atoms with van der Waals surface area (Å²) in [5, 5.41) is 2.91. The Labute approximate surface area is 116 Å². The number of anilines is 1. The van der Waals surface area contributed by atoms with Gasteiger partial charge in [0.25, 0.3) is 0 Å². The van der Waals surface area contributed by atoms with Crippen molar-refractivity contribution in [3.63, 3.8) is 0 Å². The number of rotatable bonds is 4. The Hall–Kier alpha value is -1.10. The molecule has 1 heterocycles. The van der Waals surface area contributed by atoms with Crippen molar-refractivity contribution < 1.29 is 4.74 Å². The van der Waals surface area contributed by atoms with Gasteiger partial charge in [-0.2, -0.15) is 4.98 Å². The van der Waals surface area contributed by atoms with E-state index < -0.39 is 0 Å². The van der Waals surface area contributed by atoms with Crippen LogP contribution in [0.25, 0.3) is 0 Å². The summed E-state index contributed by atoms with van der Waals surface area (Å²) in [4.78, 5) is 8.40. The summed E-state index contributed by atoms with van der Waals surface area (Å²) < 4.78 is 6.61. The highest BCUT2D eigenvalue weighted by Gasteiger charge is 2.19. The minimum atomic E-state index is 0.565. The summed E-state index contributed by atoms with van der Waals surface area (Å²) in [7, 11) is 1.79. The number of aromatic nitrogens is 2. The molecule has 0 saturated heterocycles. The van der Waals surface area contributed by atoms with Crippen molar-refractivity contribution in [3.05, 3.63) is 22.8 Å². The van der Waals surface area contributed by atoms with E-state index in [1.165, 1.54) is 0 Å². The highest BCUT2D eigenvalue weighted by atomic mass is 79.9. The van der Waals surface area contributed by atoms with Crippen molar-refractivity contribution in [3.8, 4) is 5.88 Å². The molecular weight excluding hydrogens is 294 g/mol. The number of halogens is 1. The Kier molecular flexibility index (Phi) is 4.58. The molecule has 0 amide bonds. The fraction of sp³-hybridized carbons (Fsp3) is 0.538. The smallest absolute Gasteiger partial charge is 0.232 e. The molecule has 1 aliphatic rings. The number of nitrogens with zero attached hydrogens (tertiary/aromatic N) is 2. The maximum atomic E-state index is 5.82. The largest absolute Gasteiger partial charge is 0.476 e. The van der Waals surface area contributed by atoms with Crippen molar-refractivity contribution in [2.75, 3.05) is 19.0 Å². The van der Waals surface area contributed by atoms with E-state index in [2.05, 4.69) is 50.3 Å². The minimum Gasteiger partial charge on any atom is -0.476 e. The van der Waals surface area contributed by atoms with Gasteiger partial charge in [-0.25, -0.2) is 4.98 Å². The van der Waals surface area contributed by atoms with Gasteiger partial charge in [0.15, 0.2) is 0 Å². The molecule has 1 aliphatic carbocycles. The molecule has 0 aromatic carbocycles. The molecule has 1 aromatic rings. The first kappa shape index (κ1) is 13.3. The van der Waals surface area contributed by atoms with E-state index in [1.807, 2.05) is 0 Å². The molecule has 1 N–H and O–H groups in total. The first-order chi connectivity index (χ1) is 8.70. The van der Waals surface area contributed by atoms with Gasteiger partial charge in [0.1, 0.15) is 0 Å². The average molecular weight is 312 g/mol. The van der Waals surface area contributed by atoms with Crippen molar-refractivity contribution in [2.45, 2.75) is 19.8 Å². The van der Waals surface area contributed by atoms with Gasteiger partial charge in [0.05, 0.1) is 17.3 Å². The van der Waals surface area contributed by atoms with Gasteiger partial charge in [-0.1, -0.05) is 19.1 Å². The molecular formula is C13H18BrN3O.